The average molecular weight is 562 g/mol. The van der Waals surface area contributed by atoms with E-state index in [1.54, 1.807) is 6.54 Å². The molecule has 0 rings (SSSR count). The maximum absolute atomic E-state index is 5.79. The number of hydrogen-bond acceptors (Lipinski definition) is 2. The number of hydrogen-bond donors (Lipinski definition) is 2. The van der Waals surface area contributed by atoms with E-state index in [9.17, 15) is 0 Å². The Morgan fingerprint density at radius 3 is 1.82 bits per heavy atom. The molecular weight excluding hydrogens is 549 g/mol. The van der Waals surface area contributed by atoms with E-state index in [1.807, 2.05) is 0 Å². The molecule has 0 saturated heterocycles. The van der Waals surface area contributed by atoms with Crippen LogP contribution < -0.4 is 11.5 Å². The van der Waals surface area contributed by atoms with Gasteiger partial charge in [0, 0.05) is 21.1 Å². The topological polar surface area (TPSA) is 52.0 Å². The average Bonchev–Trinajstić information content (AvgIpc) is 1.60. The van der Waals surface area contributed by atoms with Crippen LogP contribution in [-0.4, -0.2) is 1.55 Å². The van der Waals surface area contributed by atoms with Crippen LogP contribution in [0.25, 0.3) is 0 Å². The van der Waals surface area contributed by atoms with Gasteiger partial charge in [0.05, 0.1) is 0 Å². The fourth-order valence-corrected chi connectivity index (χ4v) is 2.63. The summed E-state index contributed by atoms with van der Waals surface area (Å²) in [5, 5.41) is 0. The molecule has 0 aromatic carbocycles. The third-order valence-corrected chi connectivity index (χ3v) is 1.91. The fraction of sp³-hybridized carbons (Fsp3) is 0.833. The number of rotatable bonds is 3. The van der Waals surface area contributed by atoms with Crippen molar-refractivity contribution in [2.75, 3.05) is 0 Å². The Morgan fingerprint density at radius 2 is 1.73 bits per heavy atom. The molecule has 11 heavy (non-hydrogen) atoms. The van der Waals surface area contributed by atoms with Crippen LogP contribution in [0.3, 0.4) is 0 Å². The van der Waals surface area contributed by atoms with E-state index in [0.29, 0.717) is 0 Å². The van der Waals surface area contributed by atoms with Gasteiger partial charge in [0.1, 0.15) is 1.55 Å². The summed E-state index contributed by atoms with van der Waals surface area (Å²) in [6.45, 7) is 5.85. The maximum Gasteiger partial charge on any atom is 0.118 e. The van der Waals surface area contributed by atoms with E-state index in [1.165, 1.54) is 0 Å². The van der Waals surface area contributed by atoms with Crippen molar-refractivity contribution in [3.63, 3.8) is 0 Å². The molecule has 4 N–H and O–H groups in total. The standard InChI is InChI=1S/C6H13I2N2.Pt/c1-5(2,4-9)3-6(7,8)10;/h4H,3,9-10H2,1-2H3;/q-1;. The molecule has 5 heteroatoms. The molecule has 2 nitrogen and oxygen atoms in total. The Hall–Kier alpha value is 2.07. The van der Waals surface area contributed by atoms with Crippen LogP contribution in [0, 0.1) is 12.0 Å². The summed E-state index contributed by atoms with van der Waals surface area (Å²) in [7, 11) is 0. The van der Waals surface area contributed by atoms with Crippen LogP contribution in [0.2, 0.25) is 0 Å². The molecule has 0 radical (unpaired) electrons. The van der Waals surface area contributed by atoms with Gasteiger partial charge in [-0.25, -0.2) is 0 Å². The van der Waals surface area contributed by atoms with Crippen molar-refractivity contribution in [3.8, 4) is 0 Å². The van der Waals surface area contributed by atoms with Gasteiger partial charge < -0.3 is 11.5 Å². The van der Waals surface area contributed by atoms with Crippen molar-refractivity contribution >= 4 is 45.2 Å². The Balaban J connectivity index is 0. The summed E-state index contributed by atoms with van der Waals surface area (Å²) < 4.78 is -0.186. The van der Waals surface area contributed by atoms with Gasteiger partial charge in [-0.05, 0) is 51.6 Å². The zero-order chi connectivity index (χ0) is 8.41. The third kappa shape index (κ3) is 9.99. The number of alkyl halides is 2. The second kappa shape index (κ2) is 5.73. The minimum Gasteiger partial charge on any atom is -0.483 e. The molecule has 0 aromatic heterocycles. The molecule has 0 atom stereocenters. The first-order chi connectivity index (χ1) is 4.27. The molecule has 0 fully saturated rings. The van der Waals surface area contributed by atoms with Crippen LogP contribution in [0.4, 0.5) is 0 Å². The van der Waals surface area contributed by atoms with Gasteiger partial charge in [0.25, 0.3) is 0 Å². The molecule has 0 amide bonds. The van der Waals surface area contributed by atoms with Gasteiger partial charge in [0.15, 0.2) is 0 Å². The first-order valence-electron chi connectivity index (χ1n) is 3.00. The molecule has 0 aromatic rings. The summed E-state index contributed by atoms with van der Waals surface area (Å²) in [6, 6.07) is 0. The molecule has 0 unspecified atom stereocenters. The number of nitrogens with two attached hydrogens (primary N) is 2. The van der Waals surface area contributed by atoms with Crippen molar-refractivity contribution < 1.29 is 21.1 Å². The first-order valence-corrected chi connectivity index (χ1v) is 5.15. The largest absolute Gasteiger partial charge is 0.483 e. The molecule has 72 valence electrons. The molecule has 0 aliphatic heterocycles. The zero-order valence-corrected chi connectivity index (χ0v) is 13.1. The van der Waals surface area contributed by atoms with Crippen molar-refractivity contribution in [3.05, 3.63) is 6.54 Å². The summed E-state index contributed by atoms with van der Waals surface area (Å²) in [6.07, 6.45) is 0.887. The summed E-state index contributed by atoms with van der Waals surface area (Å²) in [4.78, 5) is 0. The quantitative estimate of drug-likeness (QED) is 0.240. The molecule has 0 saturated carbocycles. The van der Waals surface area contributed by atoms with E-state index >= 15 is 0 Å². The summed E-state index contributed by atoms with van der Waals surface area (Å²) >= 11 is 4.43. The molecule has 0 aliphatic carbocycles. The monoisotopic (exact) mass is 562 g/mol. The second-order valence-corrected chi connectivity index (χ2v) is 9.01. The maximum atomic E-state index is 5.79. The Morgan fingerprint density at radius 1 is 1.36 bits per heavy atom. The van der Waals surface area contributed by atoms with Crippen LogP contribution in [-0.2, 0) is 21.1 Å². The van der Waals surface area contributed by atoms with E-state index in [0.717, 1.165) is 6.42 Å². The summed E-state index contributed by atoms with van der Waals surface area (Å²) in [5.41, 5.74) is 11.3. The van der Waals surface area contributed by atoms with Crippen molar-refractivity contribution in [2.24, 2.45) is 16.9 Å². The van der Waals surface area contributed by atoms with Gasteiger partial charge in [-0.3, -0.25) is 6.54 Å². The summed E-state index contributed by atoms with van der Waals surface area (Å²) in [5.74, 6) is 0. The van der Waals surface area contributed by atoms with Gasteiger partial charge >= 0.3 is 0 Å². The molecule has 0 spiro atoms. The Bertz CT molecular complexity index is 112. The van der Waals surface area contributed by atoms with Gasteiger partial charge in [-0.2, -0.15) is 0 Å². The van der Waals surface area contributed by atoms with Crippen LogP contribution in [0.5, 0.6) is 0 Å². The normalized spacial score (nSPS) is 12.5. The van der Waals surface area contributed by atoms with E-state index in [4.69, 9.17) is 11.5 Å². The van der Waals surface area contributed by atoms with Crippen molar-refractivity contribution in [1.29, 1.82) is 0 Å². The van der Waals surface area contributed by atoms with Crippen LogP contribution in [0.15, 0.2) is 0 Å². The second-order valence-electron chi connectivity index (χ2n) is 3.09. The minimum absolute atomic E-state index is 0. The molecular formula is C6H13I2N2Pt-. The smallest absolute Gasteiger partial charge is 0.118 e. The van der Waals surface area contributed by atoms with Gasteiger partial charge in [0.2, 0.25) is 0 Å². The van der Waals surface area contributed by atoms with E-state index in [2.05, 4.69) is 59.0 Å². The Kier molecular flexibility index (Phi) is 8.09. The Labute approximate surface area is 110 Å². The molecule has 0 aliphatic rings. The minimum atomic E-state index is -0.186. The molecule has 0 bridgehead atoms. The predicted molar refractivity (Wildman–Crippen MR) is 61.8 cm³/mol. The van der Waals surface area contributed by atoms with Crippen LogP contribution in [0.1, 0.15) is 20.3 Å². The number of halogens is 2. The van der Waals surface area contributed by atoms with Gasteiger partial charge in [-0.1, -0.05) is 13.8 Å². The van der Waals surface area contributed by atoms with Crippen molar-refractivity contribution in [2.45, 2.75) is 21.8 Å². The van der Waals surface area contributed by atoms with Gasteiger partial charge in [-0.15, -0.1) is 5.41 Å². The van der Waals surface area contributed by atoms with Crippen LogP contribution >= 0.6 is 45.2 Å². The fourth-order valence-electron chi connectivity index (χ4n) is 0.666. The molecule has 0 heterocycles. The van der Waals surface area contributed by atoms with E-state index in [-0.39, 0.29) is 28.0 Å². The zero-order valence-electron chi connectivity index (χ0n) is 6.51. The van der Waals surface area contributed by atoms with Crippen molar-refractivity contribution in [1.82, 2.24) is 0 Å². The SMILES string of the molecule is CC(C)([CH-]N)CC(N)(I)I.[Pt]. The predicted octanol–water partition coefficient (Wildman–Crippen LogP) is 2.00. The first kappa shape index (κ1) is 15.5. The third-order valence-electron chi connectivity index (χ3n) is 1.14. The van der Waals surface area contributed by atoms with E-state index < -0.39 is 0 Å².